The second-order valence-electron chi connectivity index (χ2n) is 6.77. The maximum Gasteiger partial charge on any atom is 0.251 e. The van der Waals surface area contributed by atoms with Gasteiger partial charge >= 0.3 is 0 Å². The lowest BCUT2D eigenvalue weighted by molar-refractivity contribution is -0.119. The predicted molar refractivity (Wildman–Crippen MR) is 113 cm³/mol. The second kappa shape index (κ2) is 11.7. The van der Waals surface area contributed by atoms with E-state index in [0.29, 0.717) is 25.3 Å². The first-order chi connectivity index (χ1) is 14.0. The summed E-state index contributed by atoms with van der Waals surface area (Å²) in [6.07, 6.45) is 0.130. The second-order valence-corrected chi connectivity index (χ2v) is 6.77. The van der Waals surface area contributed by atoms with E-state index in [9.17, 15) is 9.59 Å². The third-order valence-electron chi connectivity index (χ3n) is 3.98. The van der Waals surface area contributed by atoms with Crippen LogP contribution in [0.1, 0.15) is 29.8 Å². The molecular formula is C22H29N3O4. The van der Waals surface area contributed by atoms with Crippen molar-refractivity contribution >= 4 is 17.5 Å². The summed E-state index contributed by atoms with van der Waals surface area (Å²) in [5.74, 6) is 0.539. The van der Waals surface area contributed by atoms with Crippen molar-refractivity contribution in [1.82, 2.24) is 10.6 Å². The van der Waals surface area contributed by atoms with Gasteiger partial charge in [0.2, 0.25) is 5.91 Å². The van der Waals surface area contributed by atoms with Gasteiger partial charge in [0.15, 0.2) is 0 Å². The van der Waals surface area contributed by atoms with Crippen LogP contribution in [0.25, 0.3) is 0 Å². The van der Waals surface area contributed by atoms with Crippen molar-refractivity contribution in [2.24, 2.45) is 0 Å². The Bertz CT molecular complexity index is 774. The molecule has 2 aromatic rings. The minimum Gasteiger partial charge on any atom is -0.491 e. The Hall–Kier alpha value is -3.06. The molecule has 0 aliphatic carbocycles. The highest BCUT2D eigenvalue weighted by molar-refractivity contribution is 5.94. The van der Waals surface area contributed by atoms with Crippen LogP contribution in [-0.2, 0) is 16.1 Å². The molecule has 0 aliphatic rings. The number of carbonyl (C=O) groups excluding carboxylic acids is 2. The van der Waals surface area contributed by atoms with Crippen LogP contribution in [0.5, 0.6) is 5.75 Å². The molecule has 0 fully saturated rings. The van der Waals surface area contributed by atoms with Gasteiger partial charge in [-0.05, 0) is 55.8 Å². The Morgan fingerprint density at radius 2 is 1.66 bits per heavy atom. The third kappa shape index (κ3) is 8.23. The number of hydrogen-bond acceptors (Lipinski definition) is 5. The van der Waals surface area contributed by atoms with Crippen LogP contribution in [0.15, 0.2) is 48.5 Å². The summed E-state index contributed by atoms with van der Waals surface area (Å²) in [5.41, 5.74) is 2.32. The monoisotopic (exact) mass is 399 g/mol. The van der Waals surface area contributed by atoms with Gasteiger partial charge in [0, 0.05) is 31.5 Å². The van der Waals surface area contributed by atoms with E-state index in [1.807, 2.05) is 38.1 Å². The van der Waals surface area contributed by atoms with Crippen LogP contribution in [0.4, 0.5) is 5.69 Å². The zero-order valence-corrected chi connectivity index (χ0v) is 17.2. The average molecular weight is 399 g/mol. The molecule has 0 heterocycles. The van der Waals surface area contributed by atoms with E-state index in [2.05, 4.69) is 16.0 Å². The lowest BCUT2D eigenvalue weighted by Gasteiger charge is -2.11. The van der Waals surface area contributed by atoms with Crippen molar-refractivity contribution in [3.8, 4) is 5.75 Å². The van der Waals surface area contributed by atoms with Crippen molar-refractivity contribution < 1.29 is 19.1 Å². The summed E-state index contributed by atoms with van der Waals surface area (Å²) in [6.45, 7) is 5.48. The van der Waals surface area contributed by atoms with Crippen LogP contribution < -0.4 is 20.7 Å². The molecule has 29 heavy (non-hydrogen) atoms. The lowest BCUT2D eigenvalue weighted by atomic mass is 10.2. The van der Waals surface area contributed by atoms with E-state index in [1.165, 1.54) is 0 Å². The molecule has 156 valence electrons. The SMILES string of the molecule is COCCNC(=O)c1ccc(NCC(=O)NCc2ccc(OC(C)C)cc2)cc1. The molecule has 3 N–H and O–H groups in total. The molecule has 7 heteroatoms. The number of methoxy groups -OCH3 is 1. The molecule has 0 bridgehead atoms. The van der Waals surface area contributed by atoms with E-state index in [4.69, 9.17) is 9.47 Å². The summed E-state index contributed by atoms with van der Waals surface area (Å²) in [4.78, 5) is 24.0. The first-order valence-electron chi connectivity index (χ1n) is 9.61. The fourth-order valence-corrected chi connectivity index (χ4v) is 2.51. The van der Waals surface area contributed by atoms with Gasteiger partial charge in [0.1, 0.15) is 5.75 Å². The van der Waals surface area contributed by atoms with E-state index >= 15 is 0 Å². The molecule has 0 saturated heterocycles. The normalized spacial score (nSPS) is 10.5. The molecule has 0 spiro atoms. The number of rotatable bonds is 11. The fourth-order valence-electron chi connectivity index (χ4n) is 2.51. The average Bonchev–Trinajstić information content (AvgIpc) is 2.72. The third-order valence-corrected chi connectivity index (χ3v) is 3.98. The minimum absolute atomic E-state index is 0.117. The van der Waals surface area contributed by atoms with E-state index in [0.717, 1.165) is 17.0 Å². The zero-order valence-electron chi connectivity index (χ0n) is 17.2. The number of amides is 2. The first-order valence-corrected chi connectivity index (χ1v) is 9.61. The Balaban J connectivity index is 1.72. The molecule has 0 aliphatic heterocycles. The Morgan fingerprint density at radius 1 is 0.966 bits per heavy atom. The van der Waals surface area contributed by atoms with Crippen LogP contribution in [0, 0.1) is 0 Å². The summed E-state index contributed by atoms with van der Waals surface area (Å²) < 4.78 is 10.5. The zero-order chi connectivity index (χ0) is 21.1. The van der Waals surface area contributed by atoms with Crippen molar-refractivity contribution in [2.45, 2.75) is 26.5 Å². The van der Waals surface area contributed by atoms with Gasteiger partial charge in [-0.1, -0.05) is 12.1 Å². The van der Waals surface area contributed by atoms with Crippen molar-refractivity contribution in [3.63, 3.8) is 0 Å². The summed E-state index contributed by atoms with van der Waals surface area (Å²) >= 11 is 0. The summed E-state index contributed by atoms with van der Waals surface area (Å²) in [5, 5.41) is 8.67. The molecule has 2 aromatic carbocycles. The number of benzene rings is 2. The van der Waals surface area contributed by atoms with Crippen molar-refractivity contribution in [1.29, 1.82) is 0 Å². The molecule has 7 nitrogen and oxygen atoms in total. The molecule has 0 radical (unpaired) electrons. The van der Waals surface area contributed by atoms with Gasteiger partial charge in [-0.25, -0.2) is 0 Å². The van der Waals surface area contributed by atoms with Crippen molar-refractivity contribution in [3.05, 3.63) is 59.7 Å². The fraction of sp³-hybridized carbons (Fsp3) is 0.364. The number of anilines is 1. The standard InChI is InChI=1S/C22H29N3O4/c1-16(2)29-20-10-4-17(5-11-20)14-25-21(26)15-24-19-8-6-18(7-9-19)22(27)23-12-13-28-3/h4-11,16,24H,12-15H2,1-3H3,(H,23,27)(H,25,26). The Morgan fingerprint density at radius 3 is 2.28 bits per heavy atom. The molecule has 0 unspecified atom stereocenters. The smallest absolute Gasteiger partial charge is 0.251 e. The van der Waals surface area contributed by atoms with Crippen LogP contribution in [0.3, 0.4) is 0 Å². The minimum atomic E-state index is -0.156. The Kier molecular flexibility index (Phi) is 8.98. The highest BCUT2D eigenvalue weighted by atomic mass is 16.5. The highest BCUT2D eigenvalue weighted by Gasteiger charge is 2.06. The van der Waals surface area contributed by atoms with Gasteiger partial charge in [0.25, 0.3) is 5.91 Å². The van der Waals surface area contributed by atoms with Gasteiger partial charge in [-0.3, -0.25) is 9.59 Å². The molecule has 2 amide bonds. The van der Waals surface area contributed by atoms with Gasteiger partial charge in [-0.2, -0.15) is 0 Å². The van der Waals surface area contributed by atoms with E-state index in [-0.39, 0.29) is 24.5 Å². The molecule has 2 rings (SSSR count). The number of carbonyl (C=O) groups is 2. The topological polar surface area (TPSA) is 88.7 Å². The Labute approximate surface area is 171 Å². The summed E-state index contributed by atoms with van der Waals surface area (Å²) in [6, 6.07) is 14.6. The lowest BCUT2D eigenvalue weighted by Crippen LogP contribution is -2.29. The maximum atomic E-state index is 12.0. The largest absolute Gasteiger partial charge is 0.491 e. The predicted octanol–water partition coefficient (Wildman–Crippen LogP) is 2.58. The number of nitrogens with one attached hydrogen (secondary N) is 3. The first kappa shape index (κ1) is 22.2. The maximum absolute atomic E-state index is 12.0. The van der Waals surface area contributed by atoms with Gasteiger partial charge in [0.05, 0.1) is 19.3 Å². The molecule has 0 atom stereocenters. The van der Waals surface area contributed by atoms with Crippen molar-refractivity contribution in [2.75, 3.05) is 32.1 Å². The number of ether oxygens (including phenoxy) is 2. The molecular weight excluding hydrogens is 370 g/mol. The highest BCUT2D eigenvalue weighted by Crippen LogP contribution is 2.13. The molecule has 0 saturated carbocycles. The molecule has 0 aromatic heterocycles. The van der Waals surface area contributed by atoms with Crippen LogP contribution >= 0.6 is 0 Å². The van der Waals surface area contributed by atoms with Crippen LogP contribution in [-0.4, -0.2) is 44.7 Å². The van der Waals surface area contributed by atoms with E-state index < -0.39 is 0 Å². The van der Waals surface area contributed by atoms with E-state index in [1.54, 1.807) is 31.4 Å². The van der Waals surface area contributed by atoms with Gasteiger partial charge in [-0.15, -0.1) is 0 Å². The van der Waals surface area contributed by atoms with Gasteiger partial charge < -0.3 is 25.4 Å². The summed E-state index contributed by atoms with van der Waals surface area (Å²) in [7, 11) is 1.58. The number of hydrogen-bond donors (Lipinski definition) is 3. The van der Waals surface area contributed by atoms with Crippen LogP contribution in [0.2, 0.25) is 0 Å². The quantitative estimate of drug-likeness (QED) is 0.506.